The zero-order chi connectivity index (χ0) is 13.7. The monoisotopic (exact) mass is 274 g/mol. The molecule has 1 aromatic rings. The molecule has 0 aliphatic carbocycles. The van der Waals surface area contributed by atoms with Crippen LogP contribution in [0.3, 0.4) is 0 Å². The molecule has 1 atom stereocenters. The van der Waals surface area contributed by atoms with Crippen LogP contribution >= 0.6 is 11.6 Å². The van der Waals surface area contributed by atoms with E-state index >= 15 is 0 Å². The molecule has 100 valence electrons. The molecule has 3 N–H and O–H groups in total. The van der Waals surface area contributed by atoms with Crippen molar-refractivity contribution in [1.29, 1.82) is 0 Å². The van der Waals surface area contributed by atoms with Gasteiger partial charge in [-0.1, -0.05) is 11.6 Å². The molecule has 0 aliphatic heterocycles. The molecule has 1 aromatic heterocycles. The van der Waals surface area contributed by atoms with Gasteiger partial charge in [-0.05, 0) is 13.0 Å². The summed E-state index contributed by atoms with van der Waals surface area (Å²) >= 11 is 5.80. The lowest BCUT2D eigenvalue weighted by molar-refractivity contribution is -0.146. The zero-order valence-corrected chi connectivity index (χ0v) is 10.6. The van der Waals surface area contributed by atoms with Crippen LogP contribution in [0.5, 0.6) is 0 Å². The van der Waals surface area contributed by atoms with Crippen LogP contribution in [0.1, 0.15) is 23.8 Å². The van der Waals surface area contributed by atoms with Crippen LogP contribution in [-0.4, -0.2) is 39.3 Å². The minimum atomic E-state index is -1.47. The Bertz CT molecular complexity index is 444. The summed E-state index contributed by atoms with van der Waals surface area (Å²) in [6.07, 6.45) is 0.136. The summed E-state index contributed by atoms with van der Waals surface area (Å²) in [5.74, 6) is -1.65. The maximum absolute atomic E-state index is 11.8. The number of aliphatic carboxylic acids is 1. The number of halogens is 1. The van der Waals surface area contributed by atoms with Crippen molar-refractivity contribution >= 4 is 23.5 Å². The molecule has 1 rings (SSSR count). The Hall–Kier alpha value is -1.53. The van der Waals surface area contributed by atoms with Crippen molar-refractivity contribution in [2.75, 3.05) is 6.54 Å². The van der Waals surface area contributed by atoms with Gasteiger partial charge < -0.3 is 20.1 Å². The highest BCUT2D eigenvalue weighted by Crippen LogP contribution is 2.13. The first-order valence-corrected chi connectivity index (χ1v) is 5.88. The van der Waals surface area contributed by atoms with Crippen molar-refractivity contribution in [2.45, 2.75) is 26.0 Å². The van der Waals surface area contributed by atoms with Crippen LogP contribution in [0.25, 0.3) is 0 Å². The normalized spacial score (nSPS) is 12.2. The van der Waals surface area contributed by atoms with Crippen molar-refractivity contribution < 1.29 is 19.8 Å². The number of amides is 1. The van der Waals surface area contributed by atoms with Gasteiger partial charge in [0, 0.05) is 25.7 Å². The van der Waals surface area contributed by atoms with E-state index in [2.05, 4.69) is 5.32 Å². The van der Waals surface area contributed by atoms with E-state index in [4.69, 9.17) is 21.8 Å². The second-order valence-electron chi connectivity index (χ2n) is 3.73. The summed E-state index contributed by atoms with van der Waals surface area (Å²) in [5.41, 5.74) is 0.410. The molecule has 0 spiro atoms. The van der Waals surface area contributed by atoms with E-state index in [9.17, 15) is 9.59 Å². The van der Waals surface area contributed by atoms with E-state index in [1.807, 2.05) is 6.92 Å². The van der Waals surface area contributed by atoms with Gasteiger partial charge in [-0.3, -0.25) is 4.79 Å². The molecule has 1 amide bonds. The van der Waals surface area contributed by atoms with Gasteiger partial charge in [0.1, 0.15) is 5.69 Å². The summed E-state index contributed by atoms with van der Waals surface area (Å²) in [4.78, 5) is 22.1. The molecule has 18 heavy (non-hydrogen) atoms. The van der Waals surface area contributed by atoms with Gasteiger partial charge in [-0.25, -0.2) is 4.79 Å². The second-order valence-corrected chi connectivity index (χ2v) is 4.16. The number of aromatic nitrogens is 1. The van der Waals surface area contributed by atoms with Gasteiger partial charge in [0.2, 0.25) is 0 Å². The van der Waals surface area contributed by atoms with Crippen LogP contribution < -0.4 is 5.32 Å². The van der Waals surface area contributed by atoms with Gasteiger partial charge >= 0.3 is 5.97 Å². The van der Waals surface area contributed by atoms with Gasteiger partial charge in [0.05, 0.1) is 5.02 Å². The number of aryl methyl sites for hydroxylation is 1. The van der Waals surface area contributed by atoms with Crippen LogP contribution in [0.2, 0.25) is 5.02 Å². The molecule has 0 bridgehead atoms. The highest BCUT2D eigenvalue weighted by molar-refractivity contribution is 6.31. The maximum Gasteiger partial charge on any atom is 0.332 e. The molecule has 0 saturated heterocycles. The lowest BCUT2D eigenvalue weighted by Crippen LogP contribution is -2.31. The van der Waals surface area contributed by atoms with E-state index in [1.54, 1.807) is 10.8 Å². The number of carbonyl (C=O) groups is 2. The molecule has 0 fully saturated rings. The van der Waals surface area contributed by atoms with Gasteiger partial charge in [0.15, 0.2) is 6.10 Å². The van der Waals surface area contributed by atoms with Gasteiger partial charge in [0.25, 0.3) is 5.91 Å². The molecule has 6 nitrogen and oxygen atoms in total. The number of aliphatic hydroxyl groups is 1. The van der Waals surface area contributed by atoms with Crippen molar-refractivity contribution in [1.82, 2.24) is 9.88 Å². The molecule has 1 heterocycles. The predicted octanol–water partition coefficient (Wildman–Crippen LogP) is 0.727. The molecule has 0 radical (unpaired) electrons. The van der Waals surface area contributed by atoms with E-state index in [-0.39, 0.29) is 18.9 Å². The first-order chi connectivity index (χ1) is 8.45. The smallest absolute Gasteiger partial charge is 0.332 e. The average Bonchev–Trinajstić information content (AvgIpc) is 2.70. The molecule has 0 aliphatic rings. The van der Waals surface area contributed by atoms with Crippen LogP contribution in [0.4, 0.5) is 0 Å². The van der Waals surface area contributed by atoms with Crippen molar-refractivity contribution in [3.05, 3.63) is 23.0 Å². The maximum atomic E-state index is 11.8. The third kappa shape index (κ3) is 3.75. The second kappa shape index (κ2) is 6.42. The van der Waals surface area contributed by atoms with E-state index in [1.165, 1.54) is 6.07 Å². The van der Waals surface area contributed by atoms with Crippen LogP contribution in [0, 0.1) is 0 Å². The molecule has 0 saturated carbocycles. The lowest BCUT2D eigenvalue weighted by atomic mass is 10.2. The fraction of sp³-hybridized carbons (Fsp3) is 0.455. The first kappa shape index (κ1) is 14.5. The Balaban J connectivity index is 2.52. The number of hydrogen-bond acceptors (Lipinski definition) is 3. The zero-order valence-electron chi connectivity index (χ0n) is 9.89. The van der Waals surface area contributed by atoms with Gasteiger partial charge in [-0.15, -0.1) is 0 Å². The highest BCUT2D eigenvalue weighted by atomic mass is 35.5. The van der Waals surface area contributed by atoms with E-state index < -0.39 is 12.1 Å². The summed E-state index contributed by atoms with van der Waals surface area (Å²) in [5, 5.41) is 20.5. The third-order valence-electron chi connectivity index (χ3n) is 2.42. The quantitative estimate of drug-likeness (QED) is 0.713. The highest BCUT2D eigenvalue weighted by Gasteiger charge is 2.15. The van der Waals surface area contributed by atoms with Crippen molar-refractivity contribution in [2.24, 2.45) is 0 Å². The molecular formula is C11H15ClN2O4. The number of hydrogen-bond donors (Lipinski definition) is 3. The minimum Gasteiger partial charge on any atom is -0.479 e. The lowest BCUT2D eigenvalue weighted by Gasteiger charge is -2.08. The summed E-state index contributed by atoms with van der Waals surface area (Å²) < 4.78 is 1.69. The molecule has 0 unspecified atom stereocenters. The van der Waals surface area contributed by atoms with E-state index in [0.717, 1.165) is 0 Å². The number of carboxylic acid groups (broad SMARTS) is 1. The number of aliphatic hydroxyl groups excluding tert-OH is 1. The number of carbonyl (C=O) groups excluding carboxylic acids is 1. The van der Waals surface area contributed by atoms with Crippen LogP contribution in [-0.2, 0) is 11.3 Å². The van der Waals surface area contributed by atoms with Crippen LogP contribution in [0.15, 0.2) is 12.3 Å². The minimum absolute atomic E-state index is 0.0400. The fourth-order valence-corrected chi connectivity index (χ4v) is 1.68. The summed E-state index contributed by atoms with van der Waals surface area (Å²) in [6.45, 7) is 2.56. The SMILES string of the molecule is CCn1cc(Cl)cc1C(=O)NCC[C@H](O)C(=O)O. The number of rotatable bonds is 6. The van der Waals surface area contributed by atoms with Crippen molar-refractivity contribution in [3.63, 3.8) is 0 Å². The third-order valence-corrected chi connectivity index (χ3v) is 2.63. The first-order valence-electron chi connectivity index (χ1n) is 5.50. The summed E-state index contributed by atoms with van der Waals surface area (Å²) in [6, 6.07) is 1.54. The molecule has 0 aromatic carbocycles. The topological polar surface area (TPSA) is 91.6 Å². The Morgan fingerprint density at radius 2 is 2.22 bits per heavy atom. The Labute approximate surface area is 109 Å². The largest absolute Gasteiger partial charge is 0.479 e. The molecular weight excluding hydrogens is 260 g/mol. The number of carboxylic acids is 1. The predicted molar refractivity (Wildman–Crippen MR) is 65.7 cm³/mol. The fourth-order valence-electron chi connectivity index (χ4n) is 1.46. The van der Waals surface area contributed by atoms with Crippen molar-refractivity contribution in [3.8, 4) is 0 Å². The Kier molecular flexibility index (Phi) is 5.18. The van der Waals surface area contributed by atoms with E-state index in [0.29, 0.717) is 17.3 Å². The Morgan fingerprint density at radius 1 is 1.56 bits per heavy atom. The standard InChI is InChI=1S/C11H15ClN2O4/c1-2-14-6-7(12)5-8(14)10(16)13-4-3-9(15)11(17)18/h5-6,9,15H,2-4H2,1H3,(H,13,16)(H,17,18)/t9-/m0/s1. The molecule has 7 heteroatoms. The van der Waals surface area contributed by atoms with Gasteiger partial charge in [-0.2, -0.15) is 0 Å². The summed E-state index contributed by atoms with van der Waals surface area (Å²) in [7, 11) is 0. The number of nitrogens with one attached hydrogen (secondary N) is 1. The average molecular weight is 275 g/mol. The number of nitrogens with zero attached hydrogens (tertiary/aromatic N) is 1. The Morgan fingerprint density at radius 3 is 2.78 bits per heavy atom.